The molecule has 0 saturated carbocycles. The number of sulfonamides is 1. The van der Waals surface area contributed by atoms with Gasteiger partial charge in [0.2, 0.25) is 10.0 Å². The first-order valence-corrected chi connectivity index (χ1v) is 11.4. The van der Waals surface area contributed by atoms with E-state index in [0.29, 0.717) is 18.7 Å². The molecule has 2 aliphatic heterocycles. The fourth-order valence-electron chi connectivity index (χ4n) is 3.94. The molecule has 2 aromatic carbocycles. The fourth-order valence-corrected chi connectivity index (χ4v) is 4.76. The van der Waals surface area contributed by atoms with Gasteiger partial charge in [0.15, 0.2) is 0 Å². The van der Waals surface area contributed by atoms with E-state index in [1.54, 1.807) is 0 Å². The summed E-state index contributed by atoms with van der Waals surface area (Å²) in [4.78, 5) is 17.0. The monoisotopic (exact) mass is 399 g/mol. The lowest BCUT2D eigenvalue weighted by Crippen LogP contribution is -2.47. The normalized spacial score (nSPS) is 18.2. The third kappa shape index (κ3) is 3.97. The van der Waals surface area contributed by atoms with Crippen LogP contribution in [-0.2, 0) is 23.0 Å². The van der Waals surface area contributed by atoms with E-state index >= 15 is 0 Å². The molecule has 0 radical (unpaired) electrons. The third-order valence-electron chi connectivity index (χ3n) is 5.54. The van der Waals surface area contributed by atoms with Crippen LogP contribution in [-0.4, -0.2) is 62.5 Å². The topological polar surface area (TPSA) is 60.9 Å². The number of fused-ring (bicyclic) bond motifs is 1. The van der Waals surface area contributed by atoms with Gasteiger partial charge in [-0.2, -0.15) is 4.31 Å². The Balaban J connectivity index is 1.38. The van der Waals surface area contributed by atoms with Crippen molar-refractivity contribution in [3.05, 3.63) is 65.2 Å². The van der Waals surface area contributed by atoms with Crippen LogP contribution in [0.2, 0.25) is 0 Å². The first kappa shape index (κ1) is 19.1. The van der Waals surface area contributed by atoms with Crippen LogP contribution in [0.25, 0.3) is 0 Å². The molecule has 0 aliphatic carbocycles. The van der Waals surface area contributed by atoms with Crippen LogP contribution in [0, 0.1) is 0 Å². The quantitative estimate of drug-likeness (QED) is 0.789. The Labute approximate surface area is 166 Å². The zero-order valence-corrected chi connectivity index (χ0v) is 16.9. The van der Waals surface area contributed by atoms with Gasteiger partial charge in [0.1, 0.15) is 0 Å². The van der Waals surface area contributed by atoms with E-state index in [4.69, 9.17) is 0 Å². The highest BCUT2D eigenvalue weighted by atomic mass is 32.2. The van der Waals surface area contributed by atoms with E-state index in [-0.39, 0.29) is 5.91 Å². The van der Waals surface area contributed by atoms with Crippen molar-refractivity contribution >= 4 is 21.6 Å². The highest BCUT2D eigenvalue weighted by Gasteiger charge is 2.25. The van der Waals surface area contributed by atoms with Crippen LogP contribution in [0.3, 0.4) is 0 Å². The predicted molar refractivity (Wildman–Crippen MR) is 110 cm³/mol. The first-order chi connectivity index (χ1) is 13.4. The number of nitrogens with zero attached hydrogens (tertiary/aromatic N) is 3. The molecule has 0 N–H and O–H groups in total. The van der Waals surface area contributed by atoms with Crippen LogP contribution in [0.1, 0.15) is 21.5 Å². The van der Waals surface area contributed by atoms with Crippen LogP contribution in [0.4, 0.5) is 5.69 Å². The second kappa shape index (κ2) is 7.66. The van der Waals surface area contributed by atoms with E-state index < -0.39 is 10.0 Å². The Morgan fingerprint density at radius 1 is 0.929 bits per heavy atom. The number of carbonyl (C=O) groups excluding carboxylic acids is 1. The van der Waals surface area contributed by atoms with Gasteiger partial charge in [0.25, 0.3) is 5.91 Å². The molecule has 6 nitrogen and oxygen atoms in total. The second-order valence-corrected chi connectivity index (χ2v) is 9.45. The van der Waals surface area contributed by atoms with Crippen molar-refractivity contribution in [3.8, 4) is 0 Å². The molecular weight excluding hydrogens is 374 g/mol. The molecule has 148 valence electrons. The van der Waals surface area contributed by atoms with Crippen molar-refractivity contribution in [2.24, 2.45) is 0 Å². The predicted octanol–water partition coefficient (Wildman–Crippen LogP) is 1.97. The lowest BCUT2D eigenvalue weighted by molar-refractivity contribution is 0.0989. The van der Waals surface area contributed by atoms with Crippen LogP contribution in [0.5, 0.6) is 0 Å². The number of amides is 1. The van der Waals surface area contributed by atoms with Gasteiger partial charge in [-0.25, -0.2) is 8.42 Å². The molecule has 0 unspecified atom stereocenters. The van der Waals surface area contributed by atoms with Crippen molar-refractivity contribution in [2.75, 3.05) is 43.9 Å². The van der Waals surface area contributed by atoms with Crippen molar-refractivity contribution < 1.29 is 13.2 Å². The van der Waals surface area contributed by atoms with Gasteiger partial charge in [-0.15, -0.1) is 0 Å². The average Bonchev–Trinajstić information content (AvgIpc) is 3.12. The minimum atomic E-state index is -3.10. The molecule has 0 aromatic heterocycles. The summed E-state index contributed by atoms with van der Waals surface area (Å²) in [6.45, 7) is 3.99. The largest absolute Gasteiger partial charge is 0.308 e. The average molecular weight is 400 g/mol. The molecule has 2 aromatic rings. The van der Waals surface area contributed by atoms with Gasteiger partial charge in [0.05, 0.1) is 6.26 Å². The van der Waals surface area contributed by atoms with Gasteiger partial charge in [-0.05, 0) is 35.7 Å². The van der Waals surface area contributed by atoms with Crippen LogP contribution in [0.15, 0.2) is 48.5 Å². The van der Waals surface area contributed by atoms with Crippen molar-refractivity contribution in [1.29, 1.82) is 0 Å². The van der Waals surface area contributed by atoms with Gasteiger partial charge in [0, 0.05) is 50.5 Å². The summed E-state index contributed by atoms with van der Waals surface area (Å²) in [6.07, 6.45) is 2.16. The zero-order chi connectivity index (χ0) is 19.7. The Bertz CT molecular complexity index is 965. The lowest BCUT2D eigenvalue weighted by Gasteiger charge is -2.33. The molecule has 1 fully saturated rings. The number of hydrogen-bond donors (Lipinski definition) is 0. The molecular formula is C21H25N3O3S. The molecule has 7 heteroatoms. The minimum absolute atomic E-state index is 0.0401. The SMILES string of the molecule is CS(=O)(=O)N1CCN(Cc2ccc(C(=O)N3CCc4ccccc43)cc2)CC1. The summed E-state index contributed by atoms with van der Waals surface area (Å²) < 4.78 is 24.7. The standard InChI is InChI=1S/C21H25N3O3S/c1-28(26,27)23-14-12-22(13-15-23)16-17-6-8-19(9-7-17)21(25)24-11-10-18-4-2-3-5-20(18)24/h2-9H,10-16H2,1H3. The molecule has 1 amide bonds. The molecule has 28 heavy (non-hydrogen) atoms. The Hall–Kier alpha value is -2.22. The number of carbonyl (C=O) groups is 1. The molecule has 1 saturated heterocycles. The molecule has 4 rings (SSSR count). The number of benzene rings is 2. The first-order valence-electron chi connectivity index (χ1n) is 9.58. The Morgan fingerprint density at radius 3 is 2.29 bits per heavy atom. The summed E-state index contributed by atoms with van der Waals surface area (Å²) in [7, 11) is -3.10. The smallest absolute Gasteiger partial charge is 0.258 e. The molecule has 2 heterocycles. The van der Waals surface area contributed by atoms with Gasteiger partial charge in [-0.3, -0.25) is 9.69 Å². The number of piperazine rings is 1. The van der Waals surface area contributed by atoms with Crippen LogP contribution < -0.4 is 4.90 Å². The number of anilines is 1. The Morgan fingerprint density at radius 2 is 1.61 bits per heavy atom. The van der Waals surface area contributed by atoms with E-state index in [1.807, 2.05) is 47.4 Å². The van der Waals surface area contributed by atoms with E-state index in [0.717, 1.165) is 43.9 Å². The van der Waals surface area contributed by atoms with E-state index in [9.17, 15) is 13.2 Å². The number of rotatable bonds is 4. The van der Waals surface area contributed by atoms with Crippen molar-refractivity contribution in [1.82, 2.24) is 9.21 Å². The highest BCUT2D eigenvalue weighted by molar-refractivity contribution is 7.88. The van der Waals surface area contributed by atoms with Crippen molar-refractivity contribution in [3.63, 3.8) is 0 Å². The number of para-hydroxylation sites is 1. The summed E-state index contributed by atoms with van der Waals surface area (Å²) in [6, 6.07) is 15.8. The molecule has 0 bridgehead atoms. The fraction of sp³-hybridized carbons (Fsp3) is 0.381. The van der Waals surface area contributed by atoms with Gasteiger partial charge in [-0.1, -0.05) is 30.3 Å². The van der Waals surface area contributed by atoms with Gasteiger partial charge >= 0.3 is 0 Å². The molecule has 0 atom stereocenters. The van der Waals surface area contributed by atoms with Crippen LogP contribution >= 0.6 is 0 Å². The highest BCUT2D eigenvalue weighted by Crippen LogP contribution is 2.28. The maximum Gasteiger partial charge on any atom is 0.258 e. The molecule has 0 spiro atoms. The zero-order valence-electron chi connectivity index (χ0n) is 16.0. The summed E-state index contributed by atoms with van der Waals surface area (Å²) >= 11 is 0. The maximum absolute atomic E-state index is 12.9. The number of hydrogen-bond acceptors (Lipinski definition) is 4. The minimum Gasteiger partial charge on any atom is -0.308 e. The Kier molecular flexibility index (Phi) is 5.23. The van der Waals surface area contributed by atoms with E-state index in [2.05, 4.69) is 11.0 Å². The molecule has 2 aliphatic rings. The van der Waals surface area contributed by atoms with Gasteiger partial charge < -0.3 is 4.90 Å². The lowest BCUT2D eigenvalue weighted by atomic mass is 10.1. The third-order valence-corrected chi connectivity index (χ3v) is 6.84. The van der Waals surface area contributed by atoms with E-state index in [1.165, 1.54) is 16.1 Å². The summed E-state index contributed by atoms with van der Waals surface area (Å²) in [5.41, 5.74) is 4.06. The van der Waals surface area contributed by atoms with Crippen molar-refractivity contribution in [2.45, 2.75) is 13.0 Å². The summed E-state index contributed by atoms with van der Waals surface area (Å²) in [5.74, 6) is 0.0401. The maximum atomic E-state index is 12.9. The second-order valence-electron chi connectivity index (χ2n) is 7.47. The summed E-state index contributed by atoms with van der Waals surface area (Å²) in [5, 5.41) is 0.